The molecule has 0 spiro atoms. The van der Waals surface area contributed by atoms with Crippen molar-refractivity contribution in [1.82, 2.24) is 0 Å². The quantitative estimate of drug-likeness (QED) is 0.183. The van der Waals surface area contributed by atoms with Gasteiger partial charge in [-0.05, 0) is 25.7 Å². The molecule has 0 radical (unpaired) electrons. The molecule has 2 atom stereocenters. The molecule has 2 unspecified atom stereocenters. The smallest absolute Gasteiger partial charge is 0.748 e. The van der Waals surface area contributed by atoms with Crippen LogP contribution in [0.4, 0.5) is 0 Å². The first-order chi connectivity index (χ1) is 12.9. The van der Waals surface area contributed by atoms with E-state index in [0.717, 1.165) is 44.9 Å². The number of unbranched alkanes of at least 4 members (excludes halogenated alkanes) is 12. The first-order valence-electron chi connectivity index (χ1n) is 11.5. The van der Waals surface area contributed by atoms with Gasteiger partial charge in [-0.15, -0.1) is 0 Å². The van der Waals surface area contributed by atoms with Crippen molar-refractivity contribution in [3.05, 3.63) is 0 Å². The Hall–Kier alpha value is 0.870. The fourth-order valence-corrected chi connectivity index (χ4v) is 4.52. The Morgan fingerprint density at radius 3 is 1.39 bits per heavy atom. The van der Waals surface area contributed by atoms with Gasteiger partial charge in [-0.1, -0.05) is 104 Å². The summed E-state index contributed by atoms with van der Waals surface area (Å²) in [5.74, 6) is 0. The third kappa shape index (κ3) is 20.2. The van der Waals surface area contributed by atoms with Crippen molar-refractivity contribution in [3.63, 3.8) is 0 Å². The van der Waals surface area contributed by atoms with Gasteiger partial charge in [0.05, 0.1) is 16.2 Å². The summed E-state index contributed by atoms with van der Waals surface area (Å²) >= 11 is 0. The minimum atomic E-state index is -4.10. The maximum Gasteiger partial charge on any atom is 1.00 e. The van der Waals surface area contributed by atoms with Crippen molar-refractivity contribution in [3.8, 4) is 0 Å². The fraction of sp³-hybridized carbons (Fsp3) is 1.00. The van der Waals surface area contributed by atoms with E-state index >= 15 is 0 Å². The SMILES string of the molecule is CCCCC(O)CCCCCCCCCCCCCCC(CC)S(=O)(=O)[O-].[Na+]. The standard InChI is InChI=1S/C22H46O4S.Na/c1-3-5-18-21(23)19-16-14-12-10-8-6-7-9-11-13-15-17-20-22(4-2)27(24,25)26;/h21-23H,3-20H2,1-2H3,(H,24,25,26);/q;+1/p-1. The van der Waals surface area contributed by atoms with Gasteiger partial charge in [0.25, 0.3) is 0 Å². The van der Waals surface area contributed by atoms with Crippen LogP contribution in [0.15, 0.2) is 0 Å². The Labute approximate surface area is 197 Å². The van der Waals surface area contributed by atoms with Crippen molar-refractivity contribution >= 4 is 10.1 Å². The van der Waals surface area contributed by atoms with E-state index in [1.807, 2.05) is 0 Å². The van der Waals surface area contributed by atoms with Crippen LogP contribution in [0.2, 0.25) is 0 Å². The number of rotatable bonds is 20. The number of hydrogen-bond acceptors (Lipinski definition) is 4. The average molecular weight is 429 g/mol. The molecule has 0 saturated carbocycles. The molecule has 0 amide bonds. The first kappa shape index (κ1) is 31.1. The van der Waals surface area contributed by atoms with Crippen LogP contribution in [0.5, 0.6) is 0 Å². The van der Waals surface area contributed by atoms with Gasteiger partial charge in [0.15, 0.2) is 0 Å². The molecule has 0 aliphatic carbocycles. The molecule has 0 heterocycles. The molecular weight excluding hydrogens is 383 g/mol. The number of hydrogen-bond donors (Lipinski definition) is 1. The normalized spacial score (nSPS) is 13.9. The summed E-state index contributed by atoms with van der Waals surface area (Å²) in [5, 5.41) is 9.11. The second-order valence-electron chi connectivity index (χ2n) is 8.14. The summed E-state index contributed by atoms with van der Waals surface area (Å²) < 4.78 is 33.0. The third-order valence-corrected chi connectivity index (χ3v) is 6.95. The van der Waals surface area contributed by atoms with Crippen LogP contribution in [-0.4, -0.2) is 29.4 Å². The summed E-state index contributed by atoms with van der Waals surface area (Å²) in [4.78, 5) is 0. The Balaban J connectivity index is 0. The van der Waals surface area contributed by atoms with E-state index in [-0.39, 0.29) is 35.7 Å². The summed E-state index contributed by atoms with van der Waals surface area (Å²) in [6.07, 6.45) is 19.6. The van der Waals surface area contributed by atoms with Crippen LogP contribution in [0, 0.1) is 0 Å². The van der Waals surface area contributed by atoms with E-state index in [4.69, 9.17) is 0 Å². The first-order valence-corrected chi connectivity index (χ1v) is 13.0. The fourth-order valence-electron chi connectivity index (χ4n) is 3.66. The van der Waals surface area contributed by atoms with Crippen LogP contribution in [0.3, 0.4) is 0 Å². The van der Waals surface area contributed by atoms with E-state index in [2.05, 4.69) is 6.92 Å². The molecule has 0 fully saturated rings. The average Bonchev–Trinajstić information content (AvgIpc) is 2.62. The molecule has 0 aromatic heterocycles. The molecule has 0 aliphatic heterocycles. The molecule has 0 bridgehead atoms. The Morgan fingerprint density at radius 2 is 1.04 bits per heavy atom. The van der Waals surface area contributed by atoms with Gasteiger partial charge in [-0.25, -0.2) is 8.42 Å². The molecule has 28 heavy (non-hydrogen) atoms. The van der Waals surface area contributed by atoms with Gasteiger partial charge >= 0.3 is 29.6 Å². The van der Waals surface area contributed by atoms with Crippen molar-refractivity contribution in [2.75, 3.05) is 0 Å². The van der Waals surface area contributed by atoms with Gasteiger partial charge < -0.3 is 9.66 Å². The summed E-state index contributed by atoms with van der Waals surface area (Å²) in [5.41, 5.74) is 0. The van der Waals surface area contributed by atoms with E-state index in [1.54, 1.807) is 6.92 Å². The van der Waals surface area contributed by atoms with Gasteiger partial charge in [0, 0.05) is 5.25 Å². The zero-order chi connectivity index (χ0) is 20.4. The van der Waals surface area contributed by atoms with Crippen LogP contribution >= 0.6 is 0 Å². The van der Waals surface area contributed by atoms with Gasteiger partial charge in [-0.2, -0.15) is 0 Å². The van der Waals surface area contributed by atoms with Crippen molar-refractivity contribution < 1.29 is 47.6 Å². The van der Waals surface area contributed by atoms with Crippen LogP contribution < -0.4 is 29.6 Å². The van der Waals surface area contributed by atoms with Gasteiger partial charge in [-0.3, -0.25) is 0 Å². The largest absolute Gasteiger partial charge is 1.00 e. The zero-order valence-corrected chi connectivity index (χ0v) is 21.8. The minimum absolute atomic E-state index is 0. The molecule has 0 aromatic rings. The molecule has 0 saturated heterocycles. The van der Waals surface area contributed by atoms with Crippen LogP contribution in [-0.2, 0) is 10.1 Å². The van der Waals surface area contributed by atoms with E-state index in [9.17, 15) is 18.1 Å². The number of aliphatic hydroxyl groups excluding tert-OH is 1. The summed E-state index contributed by atoms with van der Waals surface area (Å²) in [6, 6.07) is 0. The molecule has 164 valence electrons. The van der Waals surface area contributed by atoms with Crippen molar-refractivity contribution in [2.45, 2.75) is 141 Å². The Morgan fingerprint density at radius 1 is 0.679 bits per heavy atom. The molecule has 1 N–H and O–H groups in total. The maximum absolute atomic E-state index is 11.0. The van der Waals surface area contributed by atoms with Crippen LogP contribution in [0.1, 0.15) is 129 Å². The predicted octanol–water partition coefficient (Wildman–Crippen LogP) is 3.33. The molecule has 0 aliphatic rings. The minimum Gasteiger partial charge on any atom is -0.748 e. The van der Waals surface area contributed by atoms with Gasteiger partial charge in [0.1, 0.15) is 0 Å². The predicted molar refractivity (Wildman–Crippen MR) is 114 cm³/mol. The second-order valence-corrected chi connectivity index (χ2v) is 9.79. The zero-order valence-electron chi connectivity index (χ0n) is 19.0. The molecule has 4 nitrogen and oxygen atoms in total. The number of aliphatic hydroxyl groups is 1. The third-order valence-electron chi connectivity index (χ3n) is 5.57. The summed E-state index contributed by atoms with van der Waals surface area (Å²) in [6.45, 7) is 3.94. The maximum atomic E-state index is 11.0. The van der Waals surface area contributed by atoms with E-state index in [1.165, 1.54) is 57.8 Å². The Kier molecular flexibility index (Phi) is 23.4. The van der Waals surface area contributed by atoms with Crippen molar-refractivity contribution in [1.29, 1.82) is 0 Å². The van der Waals surface area contributed by atoms with Crippen molar-refractivity contribution in [2.24, 2.45) is 0 Å². The topological polar surface area (TPSA) is 77.4 Å². The summed E-state index contributed by atoms with van der Waals surface area (Å²) in [7, 11) is -4.10. The van der Waals surface area contributed by atoms with Gasteiger partial charge in [0.2, 0.25) is 0 Å². The van der Waals surface area contributed by atoms with Crippen LogP contribution in [0.25, 0.3) is 0 Å². The molecule has 6 heteroatoms. The monoisotopic (exact) mass is 428 g/mol. The second kappa shape index (κ2) is 21.1. The molecule has 0 rings (SSSR count). The Bertz CT molecular complexity index is 415. The van der Waals surface area contributed by atoms with E-state index < -0.39 is 15.4 Å². The molecule has 0 aromatic carbocycles. The van der Waals surface area contributed by atoms with E-state index in [0.29, 0.717) is 12.8 Å². The molecular formula is C22H45NaO4S.